The maximum absolute atomic E-state index is 5.94. The van der Waals surface area contributed by atoms with Crippen LogP contribution in [0.4, 0.5) is 0 Å². The second kappa shape index (κ2) is 9.97. The van der Waals surface area contributed by atoms with Gasteiger partial charge in [0.25, 0.3) is 0 Å². The highest BCUT2D eigenvalue weighted by molar-refractivity contribution is 14.0. The van der Waals surface area contributed by atoms with Gasteiger partial charge in [0, 0.05) is 25.6 Å². The minimum atomic E-state index is -0.0862. The summed E-state index contributed by atoms with van der Waals surface area (Å²) in [5, 5.41) is 8.95. The molecule has 0 bridgehead atoms. The van der Waals surface area contributed by atoms with E-state index in [9.17, 15) is 0 Å². The number of nitrogens with zero attached hydrogens (tertiary/aromatic N) is 1. The fourth-order valence-electron chi connectivity index (χ4n) is 3.12. The standard InChI is InChI=1S/C20H27N3O2.HI/c1-20(11-6-13-25-20)15-23-19(21-2)22-12-14-24-18-10-5-8-16-7-3-4-9-17(16)18;/h3-5,7-10H,6,11-15H2,1-2H3,(H2,21,22,23);1H. The summed E-state index contributed by atoms with van der Waals surface area (Å²) in [6.45, 7) is 5.01. The van der Waals surface area contributed by atoms with Gasteiger partial charge in [0.05, 0.1) is 12.1 Å². The fraction of sp³-hybridized carbons (Fsp3) is 0.450. The van der Waals surface area contributed by atoms with Gasteiger partial charge < -0.3 is 20.1 Å². The highest BCUT2D eigenvalue weighted by Crippen LogP contribution is 2.25. The lowest BCUT2D eigenvalue weighted by atomic mass is 10.0. The van der Waals surface area contributed by atoms with Crippen LogP contribution in [0.15, 0.2) is 47.5 Å². The first-order valence-corrected chi connectivity index (χ1v) is 8.89. The lowest BCUT2D eigenvalue weighted by molar-refractivity contribution is 0.0243. The van der Waals surface area contributed by atoms with Gasteiger partial charge in [-0.05, 0) is 31.2 Å². The number of rotatable bonds is 6. The van der Waals surface area contributed by atoms with E-state index < -0.39 is 0 Å². The molecule has 3 rings (SSSR count). The van der Waals surface area contributed by atoms with Crippen LogP contribution in [0.2, 0.25) is 0 Å². The van der Waals surface area contributed by atoms with Crippen molar-refractivity contribution in [2.24, 2.45) is 4.99 Å². The monoisotopic (exact) mass is 469 g/mol. The Labute approximate surface area is 172 Å². The van der Waals surface area contributed by atoms with Gasteiger partial charge in [-0.25, -0.2) is 0 Å². The van der Waals surface area contributed by atoms with Crippen LogP contribution in [0.1, 0.15) is 19.8 Å². The van der Waals surface area contributed by atoms with Crippen molar-refractivity contribution in [1.82, 2.24) is 10.6 Å². The zero-order chi connectivity index (χ0) is 17.5. The number of guanidine groups is 1. The maximum atomic E-state index is 5.94. The Kier molecular flexibility index (Phi) is 7.96. The zero-order valence-corrected chi connectivity index (χ0v) is 17.8. The van der Waals surface area contributed by atoms with Gasteiger partial charge in [0.15, 0.2) is 5.96 Å². The average Bonchev–Trinajstić information content (AvgIpc) is 3.08. The summed E-state index contributed by atoms with van der Waals surface area (Å²) < 4.78 is 11.7. The van der Waals surface area contributed by atoms with Gasteiger partial charge in [0.1, 0.15) is 12.4 Å². The van der Waals surface area contributed by atoms with Crippen LogP contribution in [0, 0.1) is 0 Å². The van der Waals surface area contributed by atoms with Gasteiger partial charge in [-0.15, -0.1) is 24.0 Å². The second-order valence-corrected chi connectivity index (χ2v) is 6.58. The molecule has 6 heteroatoms. The Balaban J connectivity index is 0.00000243. The fourth-order valence-corrected chi connectivity index (χ4v) is 3.12. The van der Waals surface area contributed by atoms with Crippen molar-refractivity contribution in [2.45, 2.75) is 25.4 Å². The van der Waals surface area contributed by atoms with Gasteiger partial charge in [0.2, 0.25) is 0 Å². The molecule has 2 aromatic rings. The molecule has 1 aliphatic heterocycles. The van der Waals surface area contributed by atoms with Crippen molar-refractivity contribution in [1.29, 1.82) is 0 Å². The molecular weight excluding hydrogens is 441 g/mol. The molecule has 1 saturated heterocycles. The normalized spacial score (nSPS) is 19.8. The first kappa shape index (κ1) is 20.8. The van der Waals surface area contributed by atoms with E-state index in [1.807, 2.05) is 24.3 Å². The molecule has 0 aromatic heterocycles. The van der Waals surface area contributed by atoms with Crippen molar-refractivity contribution < 1.29 is 9.47 Å². The highest BCUT2D eigenvalue weighted by atomic mass is 127. The van der Waals surface area contributed by atoms with Crippen molar-refractivity contribution in [2.75, 3.05) is 33.4 Å². The third kappa shape index (κ3) is 5.48. The van der Waals surface area contributed by atoms with E-state index >= 15 is 0 Å². The number of benzene rings is 2. The number of hydrogen-bond acceptors (Lipinski definition) is 3. The molecule has 2 aromatic carbocycles. The van der Waals surface area contributed by atoms with E-state index in [2.05, 4.69) is 40.7 Å². The third-order valence-corrected chi connectivity index (χ3v) is 4.56. The Bertz CT molecular complexity index is 725. The van der Waals surface area contributed by atoms with Gasteiger partial charge in [-0.2, -0.15) is 0 Å². The van der Waals surface area contributed by atoms with Crippen LogP contribution >= 0.6 is 24.0 Å². The van der Waals surface area contributed by atoms with Crippen LogP contribution < -0.4 is 15.4 Å². The summed E-state index contributed by atoms with van der Waals surface area (Å²) in [6, 6.07) is 14.4. The lowest BCUT2D eigenvalue weighted by Crippen LogP contribution is -2.46. The van der Waals surface area contributed by atoms with Crippen LogP contribution in [0.5, 0.6) is 5.75 Å². The molecule has 0 radical (unpaired) electrons. The first-order valence-electron chi connectivity index (χ1n) is 8.89. The molecule has 2 N–H and O–H groups in total. The maximum Gasteiger partial charge on any atom is 0.191 e. The van der Waals surface area contributed by atoms with E-state index in [1.54, 1.807) is 7.05 Å². The van der Waals surface area contributed by atoms with Crippen molar-refractivity contribution in [3.8, 4) is 5.75 Å². The summed E-state index contributed by atoms with van der Waals surface area (Å²) in [5.41, 5.74) is -0.0862. The van der Waals surface area contributed by atoms with E-state index in [4.69, 9.17) is 9.47 Å². The SMILES string of the molecule is CN=C(NCCOc1cccc2ccccc12)NCC1(C)CCCO1.I. The lowest BCUT2D eigenvalue weighted by Gasteiger charge is -2.24. The predicted octanol–water partition coefficient (Wildman–Crippen LogP) is 3.57. The second-order valence-electron chi connectivity index (χ2n) is 6.58. The van der Waals surface area contributed by atoms with Gasteiger partial charge in [-0.3, -0.25) is 4.99 Å². The predicted molar refractivity (Wildman–Crippen MR) is 118 cm³/mol. The van der Waals surface area contributed by atoms with Crippen molar-refractivity contribution in [3.63, 3.8) is 0 Å². The molecule has 1 aliphatic rings. The molecule has 1 fully saturated rings. The Morgan fingerprint density at radius 1 is 1.19 bits per heavy atom. The number of ether oxygens (including phenoxy) is 2. The minimum absolute atomic E-state index is 0. The number of halogens is 1. The van der Waals surface area contributed by atoms with E-state index in [1.165, 1.54) is 5.39 Å². The number of hydrogen-bond donors (Lipinski definition) is 2. The number of aliphatic imine (C=N–C) groups is 1. The first-order chi connectivity index (χ1) is 12.2. The molecule has 142 valence electrons. The largest absolute Gasteiger partial charge is 0.491 e. The van der Waals surface area contributed by atoms with Crippen LogP contribution in [0.25, 0.3) is 10.8 Å². The van der Waals surface area contributed by atoms with E-state index in [0.717, 1.165) is 43.1 Å². The Morgan fingerprint density at radius 3 is 2.77 bits per heavy atom. The van der Waals surface area contributed by atoms with Gasteiger partial charge >= 0.3 is 0 Å². The molecule has 1 heterocycles. The third-order valence-electron chi connectivity index (χ3n) is 4.56. The Hall–Kier alpha value is -1.54. The van der Waals surface area contributed by atoms with E-state index in [0.29, 0.717) is 13.2 Å². The molecule has 0 saturated carbocycles. The minimum Gasteiger partial charge on any atom is -0.491 e. The topological polar surface area (TPSA) is 54.9 Å². The van der Waals surface area contributed by atoms with Crippen LogP contribution in [0.3, 0.4) is 0 Å². The van der Waals surface area contributed by atoms with Gasteiger partial charge in [-0.1, -0.05) is 36.4 Å². The van der Waals surface area contributed by atoms with E-state index in [-0.39, 0.29) is 29.6 Å². The quantitative estimate of drug-likeness (QED) is 0.294. The summed E-state index contributed by atoms with van der Waals surface area (Å²) in [4.78, 5) is 4.26. The van der Waals surface area contributed by atoms with Crippen LogP contribution in [-0.2, 0) is 4.74 Å². The molecule has 26 heavy (non-hydrogen) atoms. The average molecular weight is 469 g/mol. The number of nitrogens with one attached hydrogen (secondary N) is 2. The zero-order valence-electron chi connectivity index (χ0n) is 15.5. The number of fused-ring (bicyclic) bond motifs is 1. The molecule has 1 unspecified atom stereocenters. The summed E-state index contributed by atoms with van der Waals surface area (Å²) in [5.74, 6) is 1.69. The molecule has 0 aliphatic carbocycles. The molecule has 5 nitrogen and oxygen atoms in total. The van der Waals surface area contributed by atoms with Crippen molar-refractivity contribution in [3.05, 3.63) is 42.5 Å². The Morgan fingerprint density at radius 2 is 2.00 bits per heavy atom. The van der Waals surface area contributed by atoms with Crippen molar-refractivity contribution >= 4 is 40.7 Å². The van der Waals surface area contributed by atoms with Crippen LogP contribution in [-0.4, -0.2) is 44.9 Å². The summed E-state index contributed by atoms with van der Waals surface area (Å²) in [7, 11) is 1.78. The highest BCUT2D eigenvalue weighted by Gasteiger charge is 2.29. The smallest absolute Gasteiger partial charge is 0.191 e. The molecule has 0 spiro atoms. The molecule has 0 amide bonds. The summed E-state index contributed by atoms with van der Waals surface area (Å²) >= 11 is 0. The summed E-state index contributed by atoms with van der Waals surface area (Å²) in [6.07, 6.45) is 2.21. The molecule has 1 atom stereocenters. The molecular formula is C20H28IN3O2.